The molecule has 0 aliphatic heterocycles. The molecular formula is C32H37F3O. The fourth-order valence-electron chi connectivity index (χ4n) is 5.90. The molecule has 0 amide bonds. The van der Waals surface area contributed by atoms with Crippen molar-refractivity contribution in [3.8, 4) is 28.0 Å². The van der Waals surface area contributed by atoms with Gasteiger partial charge < -0.3 is 4.74 Å². The van der Waals surface area contributed by atoms with Crippen LogP contribution in [0, 0.1) is 11.8 Å². The predicted octanol–water partition coefficient (Wildman–Crippen LogP) is 10.4. The summed E-state index contributed by atoms with van der Waals surface area (Å²) in [6, 6.07) is 23.0. The summed E-state index contributed by atoms with van der Waals surface area (Å²) in [4.78, 5) is 0. The second kappa shape index (κ2) is 12.0. The summed E-state index contributed by atoms with van der Waals surface area (Å²) in [7, 11) is 0. The van der Waals surface area contributed by atoms with Crippen molar-refractivity contribution in [2.45, 2.75) is 77.5 Å². The van der Waals surface area contributed by atoms with Crippen molar-refractivity contribution >= 4 is 0 Å². The van der Waals surface area contributed by atoms with Gasteiger partial charge in [-0.05, 0) is 52.5 Å². The summed E-state index contributed by atoms with van der Waals surface area (Å²) in [5.41, 5.74) is 4.20. The highest BCUT2D eigenvalue weighted by molar-refractivity contribution is 5.74. The van der Waals surface area contributed by atoms with Gasteiger partial charge in [0.05, 0.1) is 0 Å². The zero-order valence-corrected chi connectivity index (χ0v) is 21.4. The number of hydrogen-bond donors (Lipinski definition) is 0. The van der Waals surface area contributed by atoms with E-state index in [0.717, 1.165) is 23.1 Å². The smallest absolute Gasteiger partial charge is 0.405 e. The van der Waals surface area contributed by atoms with Gasteiger partial charge in [-0.15, -0.1) is 13.2 Å². The summed E-state index contributed by atoms with van der Waals surface area (Å²) in [6.07, 6.45) is 5.03. The lowest BCUT2D eigenvalue weighted by Crippen LogP contribution is -2.25. The molecule has 0 heterocycles. The molecule has 0 bridgehead atoms. The minimum absolute atomic E-state index is 0.113. The fourth-order valence-corrected chi connectivity index (χ4v) is 5.90. The maximum atomic E-state index is 13.4. The summed E-state index contributed by atoms with van der Waals surface area (Å²) in [5, 5.41) is 0. The lowest BCUT2D eigenvalue weighted by atomic mass is 9.69. The topological polar surface area (TPSA) is 9.23 Å². The molecule has 1 nitrogen and oxygen atoms in total. The number of rotatable bonds is 9. The number of hydrogen-bond acceptors (Lipinski definition) is 1. The molecule has 1 aliphatic rings. The van der Waals surface area contributed by atoms with Crippen LogP contribution in [0.5, 0.6) is 5.75 Å². The van der Waals surface area contributed by atoms with Gasteiger partial charge in [-0.3, -0.25) is 0 Å². The Bertz CT molecular complexity index is 1090. The minimum Gasteiger partial charge on any atom is -0.405 e. The first-order valence-electron chi connectivity index (χ1n) is 13.4. The molecule has 1 aliphatic carbocycles. The SMILES string of the molecule is CCCCCC1CCCCC1C(C)c1ccc(-c2ccc(-c3ccccc3)cc2)c(OC(F)(F)F)c1. The van der Waals surface area contributed by atoms with Crippen molar-refractivity contribution < 1.29 is 17.9 Å². The van der Waals surface area contributed by atoms with Crippen molar-refractivity contribution in [3.05, 3.63) is 78.4 Å². The lowest BCUT2D eigenvalue weighted by Gasteiger charge is -2.36. The maximum Gasteiger partial charge on any atom is 0.573 e. The molecule has 3 aromatic rings. The third-order valence-corrected chi connectivity index (χ3v) is 7.85. The molecule has 0 radical (unpaired) electrons. The molecule has 0 aromatic heterocycles. The van der Waals surface area contributed by atoms with Crippen LogP contribution >= 0.6 is 0 Å². The van der Waals surface area contributed by atoms with E-state index in [-0.39, 0.29) is 11.7 Å². The van der Waals surface area contributed by atoms with E-state index in [0.29, 0.717) is 23.0 Å². The van der Waals surface area contributed by atoms with Crippen molar-refractivity contribution in [1.29, 1.82) is 0 Å². The Hall–Kier alpha value is -2.75. The van der Waals surface area contributed by atoms with Crippen molar-refractivity contribution in [1.82, 2.24) is 0 Å². The highest BCUT2D eigenvalue weighted by atomic mass is 19.4. The van der Waals surface area contributed by atoms with E-state index in [1.54, 1.807) is 12.1 Å². The number of unbranched alkanes of at least 4 members (excludes halogenated alkanes) is 2. The van der Waals surface area contributed by atoms with Crippen LogP contribution in [0.3, 0.4) is 0 Å². The van der Waals surface area contributed by atoms with Crippen LogP contribution in [-0.2, 0) is 0 Å². The molecule has 192 valence electrons. The lowest BCUT2D eigenvalue weighted by molar-refractivity contribution is -0.274. The van der Waals surface area contributed by atoms with Crippen LogP contribution in [0.1, 0.15) is 76.7 Å². The van der Waals surface area contributed by atoms with Crippen molar-refractivity contribution in [3.63, 3.8) is 0 Å². The number of halogens is 3. The molecule has 0 spiro atoms. The van der Waals surface area contributed by atoms with Gasteiger partial charge in [0.2, 0.25) is 0 Å². The van der Waals surface area contributed by atoms with E-state index >= 15 is 0 Å². The highest BCUT2D eigenvalue weighted by Gasteiger charge is 2.34. The van der Waals surface area contributed by atoms with E-state index in [1.807, 2.05) is 60.7 Å². The van der Waals surface area contributed by atoms with Crippen molar-refractivity contribution in [2.75, 3.05) is 0 Å². The van der Waals surface area contributed by atoms with E-state index in [2.05, 4.69) is 18.6 Å². The summed E-state index contributed by atoms with van der Waals surface area (Å²) in [5.74, 6) is 1.24. The second-order valence-electron chi connectivity index (χ2n) is 10.2. The Balaban J connectivity index is 1.61. The summed E-state index contributed by atoms with van der Waals surface area (Å²) >= 11 is 0. The third kappa shape index (κ3) is 6.72. The Labute approximate surface area is 213 Å². The largest absolute Gasteiger partial charge is 0.573 e. The van der Waals surface area contributed by atoms with Gasteiger partial charge in [-0.1, -0.05) is 126 Å². The normalized spacial score (nSPS) is 19.1. The first kappa shape index (κ1) is 26.3. The van der Waals surface area contributed by atoms with Gasteiger partial charge >= 0.3 is 6.36 Å². The monoisotopic (exact) mass is 494 g/mol. The Kier molecular flexibility index (Phi) is 8.77. The standard InChI is InChI=1S/C32H37F3O/c1-3-4-6-13-26-14-9-10-15-29(26)23(2)28-20-21-30(31(22-28)36-32(33,34)35)27-18-16-25(17-19-27)24-11-7-5-8-12-24/h5,7-8,11-12,16-23,26,29H,3-4,6,9-10,13-15H2,1-2H3. The van der Waals surface area contributed by atoms with E-state index in [9.17, 15) is 13.2 Å². The molecule has 0 N–H and O–H groups in total. The van der Waals surface area contributed by atoms with Crippen LogP contribution < -0.4 is 4.74 Å². The van der Waals surface area contributed by atoms with Crippen LogP contribution in [0.4, 0.5) is 13.2 Å². The molecule has 36 heavy (non-hydrogen) atoms. The number of alkyl halides is 3. The van der Waals surface area contributed by atoms with Crippen LogP contribution in [-0.4, -0.2) is 6.36 Å². The van der Waals surface area contributed by atoms with Crippen molar-refractivity contribution in [2.24, 2.45) is 11.8 Å². The predicted molar refractivity (Wildman–Crippen MR) is 142 cm³/mol. The maximum absolute atomic E-state index is 13.4. The molecule has 4 heteroatoms. The Morgan fingerprint density at radius 1 is 0.833 bits per heavy atom. The van der Waals surface area contributed by atoms with Crippen LogP contribution in [0.2, 0.25) is 0 Å². The van der Waals surface area contributed by atoms with Crippen LogP contribution in [0.25, 0.3) is 22.3 Å². The van der Waals surface area contributed by atoms with E-state index in [1.165, 1.54) is 44.9 Å². The molecule has 0 saturated heterocycles. The highest BCUT2D eigenvalue weighted by Crippen LogP contribution is 2.44. The molecule has 1 saturated carbocycles. The van der Waals surface area contributed by atoms with E-state index in [4.69, 9.17) is 0 Å². The quantitative estimate of drug-likeness (QED) is 0.269. The van der Waals surface area contributed by atoms with Gasteiger partial charge in [-0.25, -0.2) is 0 Å². The van der Waals surface area contributed by atoms with E-state index < -0.39 is 6.36 Å². The average molecular weight is 495 g/mol. The zero-order valence-electron chi connectivity index (χ0n) is 21.4. The van der Waals surface area contributed by atoms with Gasteiger partial charge in [0.25, 0.3) is 0 Å². The van der Waals surface area contributed by atoms with Gasteiger partial charge in [0.1, 0.15) is 5.75 Å². The second-order valence-corrected chi connectivity index (χ2v) is 10.2. The fraction of sp³-hybridized carbons (Fsp3) is 0.438. The first-order valence-corrected chi connectivity index (χ1v) is 13.4. The molecule has 3 aromatic carbocycles. The van der Waals surface area contributed by atoms with Gasteiger partial charge in [0.15, 0.2) is 0 Å². The molecule has 4 rings (SSSR count). The first-order chi connectivity index (χ1) is 17.4. The minimum atomic E-state index is -4.74. The summed E-state index contributed by atoms with van der Waals surface area (Å²) in [6.45, 7) is 4.41. The molecule has 3 unspecified atom stereocenters. The molecule has 3 atom stereocenters. The summed E-state index contributed by atoms with van der Waals surface area (Å²) < 4.78 is 44.9. The van der Waals surface area contributed by atoms with Gasteiger partial charge in [-0.2, -0.15) is 0 Å². The van der Waals surface area contributed by atoms with Gasteiger partial charge in [0, 0.05) is 5.56 Å². The number of benzene rings is 3. The zero-order chi connectivity index (χ0) is 25.5. The molecule has 1 fully saturated rings. The number of ether oxygens (including phenoxy) is 1. The average Bonchev–Trinajstić information content (AvgIpc) is 2.88. The Morgan fingerprint density at radius 2 is 1.50 bits per heavy atom. The molecular weight excluding hydrogens is 457 g/mol. The third-order valence-electron chi connectivity index (χ3n) is 7.85. The van der Waals surface area contributed by atoms with Crippen LogP contribution in [0.15, 0.2) is 72.8 Å². The Morgan fingerprint density at radius 3 is 2.19 bits per heavy atom.